The van der Waals surface area contributed by atoms with Crippen molar-refractivity contribution >= 4 is 17.4 Å². The number of pyridine rings is 1. The topological polar surface area (TPSA) is 25.4 Å². The lowest BCUT2D eigenvalue weighted by Crippen LogP contribution is -2.37. The Morgan fingerprint density at radius 3 is 3.07 bits per heavy atom. The Morgan fingerprint density at radius 1 is 1.50 bits per heavy atom. The molecule has 3 rings (SSSR count). The van der Waals surface area contributed by atoms with E-state index in [-0.39, 0.29) is 0 Å². The summed E-state index contributed by atoms with van der Waals surface area (Å²) in [6.07, 6.45) is 1.54. The zero-order valence-corrected chi connectivity index (χ0v) is 8.44. The first kappa shape index (κ1) is 8.50. The van der Waals surface area contributed by atoms with Crippen molar-refractivity contribution < 1.29 is 4.74 Å². The molecule has 2 aliphatic rings. The minimum atomic E-state index is 0.404. The normalized spacial score (nSPS) is 29.9. The predicted octanol–water partition coefficient (Wildman–Crippen LogP) is 1.71. The van der Waals surface area contributed by atoms with Crippen LogP contribution in [0.3, 0.4) is 0 Å². The molecule has 1 aromatic rings. The Labute approximate surface area is 87.6 Å². The van der Waals surface area contributed by atoms with Gasteiger partial charge in [-0.15, -0.1) is 0 Å². The lowest BCUT2D eigenvalue weighted by atomic mass is 10.2. The smallest absolute Gasteiger partial charge is 0.131 e. The van der Waals surface area contributed by atoms with Crippen LogP contribution in [0.1, 0.15) is 6.42 Å². The van der Waals surface area contributed by atoms with Gasteiger partial charge in [0, 0.05) is 6.54 Å². The van der Waals surface area contributed by atoms with Crippen LogP contribution in [-0.4, -0.2) is 30.3 Å². The van der Waals surface area contributed by atoms with Crippen molar-refractivity contribution in [2.45, 2.75) is 18.6 Å². The van der Waals surface area contributed by atoms with E-state index >= 15 is 0 Å². The molecule has 2 bridgehead atoms. The molecule has 2 fully saturated rings. The van der Waals surface area contributed by atoms with Crippen LogP contribution < -0.4 is 4.90 Å². The highest BCUT2D eigenvalue weighted by molar-refractivity contribution is 6.29. The van der Waals surface area contributed by atoms with Crippen molar-refractivity contribution in [2.24, 2.45) is 0 Å². The van der Waals surface area contributed by atoms with Gasteiger partial charge in [-0.1, -0.05) is 17.7 Å². The Kier molecular flexibility index (Phi) is 1.89. The first-order chi connectivity index (χ1) is 6.83. The van der Waals surface area contributed by atoms with Gasteiger partial charge in [0.15, 0.2) is 0 Å². The number of morpholine rings is 1. The number of aromatic nitrogens is 1. The molecule has 0 aliphatic carbocycles. The molecule has 0 aromatic carbocycles. The third kappa shape index (κ3) is 1.28. The van der Waals surface area contributed by atoms with E-state index < -0.39 is 0 Å². The second kappa shape index (κ2) is 3.11. The summed E-state index contributed by atoms with van der Waals surface area (Å²) in [5, 5.41) is 0.561. The Morgan fingerprint density at radius 2 is 2.43 bits per heavy atom. The SMILES string of the molecule is Clc1cccc(N2CC3CC2CO3)n1. The fraction of sp³-hybridized carbons (Fsp3) is 0.500. The van der Waals surface area contributed by atoms with E-state index in [9.17, 15) is 0 Å². The van der Waals surface area contributed by atoms with E-state index in [1.807, 2.05) is 12.1 Å². The van der Waals surface area contributed by atoms with Gasteiger partial charge in [-0.05, 0) is 18.6 Å². The summed E-state index contributed by atoms with van der Waals surface area (Å²) in [6, 6.07) is 6.26. The summed E-state index contributed by atoms with van der Waals surface area (Å²) in [5.74, 6) is 0.980. The second-order valence-electron chi connectivity index (χ2n) is 3.82. The van der Waals surface area contributed by atoms with E-state index in [2.05, 4.69) is 9.88 Å². The van der Waals surface area contributed by atoms with E-state index in [1.165, 1.54) is 0 Å². The number of hydrogen-bond donors (Lipinski definition) is 0. The van der Waals surface area contributed by atoms with E-state index in [4.69, 9.17) is 16.3 Å². The standard InChI is InChI=1S/C10H11ClN2O/c11-9-2-1-3-10(12-9)13-5-8-4-7(13)6-14-8/h1-3,7-8H,4-6H2. The first-order valence-electron chi connectivity index (χ1n) is 4.84. The van der Waals surface area contributed by atoms with Crippen LogP contribution >= 0.6 is 11.6 Å². The van der Waals surface area contributed by atoms with Gasteiger partial charge in [0.05, 0.1) is 18.8 Å². The Hall–Kier alpha value is -0.800. The predicted molar refractivity (Wildman–Crippen MR) is 54.7 cm³/mol. The van der Waals surface area contributed by atoms with Crippen LogP contribution in [0.15, 0.2) is 18.2 Å². The zero-order chi connectivity index (χ0) is 9.54. The van der Waals surface area contributed by atoms with Gasteiger partial charge >= 0.3 is 0 Å². The monoisotopic (exact) mass is 210 g/mol. The van der Waals surface area contributed by atoms with Crippen LogP contribution in [-0.2, 0) is 4.74 Å². The molecule has 0 saturated carbocycles. The summed E-state index contributed by atoms with van der Waals surface area (Å²) in [4.78, 5) is 6.60. The summed E-state index contributed by atoms with van der Waals surface area (Å²) in [7, 11) is 0. The molecular weight excluding hydrogens is 200 g/mol. The van der Waals surface area contributed by atoms with Crippen LogP contribution in [0.4, 0.5) is 5.82 Å². The van der Waals surface area contributed by atoms with Crippen LogP contribution in [0.25, 0.3) is 0 Å². The number of halogens is 1. The lowest BCUT2D eigenvalue weighted by molar-refractivity contribution is 0.0989. The highest BCUT2D eigenvalue weighted by Gasteiger charge is 2.39. The van der Waals surface area contributed by atoms with Crippen molar-refractivity contribution in [3.8, 4) is 0 Å². The fourth-order valence-electron chi connectivity index (χ4n) is 2.24. The van der Waals surface area contributed by atoms with E-state index in [0.29, 0.717) is 17.3 Å². The molecule has 2 aliphatic heterocycles. The molecule has 3 heterocycles. The molecule has 0 spiro atoms. The van der Waals surface area contributed by atoms with Crippen molar-refractivity contribution in [1.29, 1.82) is 0 Å². The van der Waals surface area contributed by atoms with E-state index in [0.717, 1.165) is 25.4 Å². The number of rotatable bonds is 1. The number of nitrogens with zero attached hydrogens (tertiary/aromatic N) is 2. The minimum absolute atomic E-state index is 0.404. The van der Waals surface area contributed by atoms with Crippen LogP contribution in [0.5, 0.6) is 0 Å². The van der Waals surface area contributed by atoms with Gasteiger partial charge in [-0.25, -0.2) is 4.98 Å². The number of ether oxygens (including phenoxy) is 1. The van der Waals surface area contributed by atoms with Crippen molar-refractivity contribution in [3.63, 3.8) is 0 Å². The summed E-state index contributed by atoms with van der Waals surface area (Å²) in [5.41, 5.74) is 0. The quantitative estimate of drug-likeness (QED) is 0.660. The van der Waals surface area contributed by atoms with Gasteiger partial charge in [-0.3, -0.25) is 0 Å². The molecule has 2 unspecified atom stereocenters. The second-order valence-corrected chi connectivity index (χ2v) is 4.20. The van der Waals surface area contributed by atoms with E-state index in [1.54, 1.807) is 6.07 Å². The fourth-order valence-corrected chi connectivity index (χ4v) is 2.40. The first-order valence-corrected chi connectivity index (χ1v) is 5.21. The molecule has 2 saturated heterocycles. The highest BCUT2D eigenvalue weighted by atomic mass is 35.5. The summed E-state index contributed by atoms with van der Waals surface area (Å²) < 4.78 is 5.53. The third-order valence-electron chi connectivity index (χ3n) is 2.90. The van der Waals surface area contributed by atoms with Crippen LogP contribution in [0, 0.1) is 0 Å². The molecule has 3 nitrogen and oxygen atoms in total. The van der Waals surface area contributed by atoms with Crippen LogP contribution in [0.2, 0.25) is 5.15 Å². The number of anilines is 1. The maximum atomic E-state index is 5.86. The largest absolute Gasteiger partial charge is 0.374 e. The summed E-state index contributed by atoms with van der Waals surface area (Å²) in [6.45, 7) is 1.79. The molecule has 14 heavy (non-hydrogen) atoms. The Bertz CT molecular complexity index is 358. The van der Waals surface area contributed by atoms with Crippen molar-refractivity contribution in [1.82, 2.24) is 4.98 Å². The molecule has 0 N–H and O–H groups in total. The molecule has 0 radical (unpaired) electrons. The maximum absolute atomic E-state index is 5.86. The molecule has 4 heteroatoms. The highest BCUT2D eigenvalue weighted by Crippen LogP contribution is 2.31. The minimum Gasteiger partial charge on any atom is -0.374 e. The molecule has 1 aromatic heterocycles. The third-order valence-corrected chi connectivity index (χ3v) is 3.11. The van der Waals surface area contributed by atoms with Gasteiger partial charge in [0.1, 0.15) is 11.0 Å². The lowest BCUT2D eigenvalue weighted by Gasteiger charge is -2.27. The van der Waals surface area contributed by atoms with Gasteiger partial charge in [-0.2, -0.15) is 0 Å². The zero-order valence-electron chi connectivity index (χ0n) is 7.69. The van der Waals surface area contributed by atoms with Gasteiger partial charge < -0.3 is 9.64 Å². The molecule has 74 valence electrons. The number of hydrogen-bond acceptors (Lipinski definition) is 3. The summed E-state index contributed by atoms with van der Waals surface area (Å²) >= 11 is 5.86. The van der Waals surface area contributed by atoms with Crippen molar-refractivity contribution in [3.05, 3.63) is 23.4 Å². The average molecular weight is 211 g/mol. The Balaban J connectivity index is 1.89. The average Bonchev–Trinajstić information content (AvgIpc) is 2.78. The van der Waals surface area contributed by atoms with Crippen molar-refractivity contribution in [2.75, 3.05) is 18.1 Å². The van der Waals surface area contributed by atoms with Gasteiger partial charge in [0.25, 0.3) is 0 Å². The number of fused-ring (bicyclic) bond motifs is 2. The molecule has 2 atom stereocenters. The van der Waals surface area contributed by atoms with Gasteiger partial charge in [0.2, 0.25) is 0 Å². The molecular formula is C10H11ClN2O. The maximum Gasteiger partial charge on any atom is 0.131 e. The molecule has 0 amide bonds.